The predicted molar refractivity (Wildman–Crippen MR) is 117 cm³/mol. The summed E-state index contributed by atoms with van der Waals surface area (Å²) in [6.45, 7) is 9.69. The van der Waals surface area contributed by atoms with Gasteiger partial charge in [0.2, 0.25) is 0 Å². The van der Waals surface area contributed by atoms with Crippen molar-refractivity contribution < 1.29 is 0 Å². The van der Waals surface area contributed by atoms with Crippen molar-refractivity contribution in [1.82, 2.24) is 25.1 Å². The summed E-state index contributed by atoms with van der Waals surface area (Å²) in [5.74, 6) is 1.23. The molecule has 1 aromatic heterocycles. The summed E-state index contributed by atoms with van der Waals surface area (Å²) in [6.07, 6.45) is 9.98. The minimum Gasteiger partial charge on any atom is -0.381 e. The summed E-state index contributed by atoms with van der Waals surface area (Å²) >= 11 is 0. The highest BCUT2D eigenvalue weighted by Crippen LogP contribution is 2.29. The normalized spacial score (nSPS) is 21.1. The Morgan fingerprint density at radius 3 is 2.82 bits per heavy atom. The van der Waals surface area contributed by atoms with Gasteiger partial charge in [-0.05, 0) is 44.5 Å². The molecule has 1 atom stereocenters. The standard InChI is InChI=1S/C23H33N5/c1-3-24-14-11-23-26-21-9-4-5-10-22(21)28(23)20-12-15-27(16-13-20)17-19-8-6-7-18(2)25-19/h4-10,19-20,24-25H,3,11-17H2,1-2H3. The predicted octanol–water partition coefficient (Wildman–Crippen LogP) is 3.26. The van der Waals surface area contributed by atoms with Crippen molar-refractivity contribution in [3.8, 4) is 0 Å². The van der Waals surface area contributed by atoms with Gasteiger partial charge < -0.3 is 20.1 Å². The molecule has 3 heterocycles. The fourth-order valence-corrected chi connectivity index (χ4v) is 4.52. The van der Waals surface area contributed by atoms with Crippen LogP contribution in [-0.4, -0.2) is 53.2 Å². The van der Waals surface area contributed by atoms with Crippen LogP contribution >= 0.6 is 0 Å². The molecule has 2 aliphatic heterocycles. The maximum absolute atomic E-state index is 4.96. The number of hydrogen-bond acceptors (Lipinski definition) is 4. The molecule has 1 aromatic carbocycles. The lowest BCUT2D eigenvalue weighted by molar-refractivity contribution is 0.179. The van der Waals surface area contributed by atoms with Crippen LogP contribution in [0.4, 0.5) is 0 Å². The lowest BCUT2D eigenvalue weighted by Gasteiger charge is -2.35. The van der Waals surface area contributed by atoms with Crippen LogP contribution in [-0.2, 0) is 6.42 Å². The van der Waals surface area contributed by atoms with Crippen LogP contribution < -0.4 is 10.6 Å². The van der Waals surface area contributed by atoms with Gasteiger partial charge in [-0.2, -0.15) is 0 Å². The minimum absolute atomic E-state index is 0.436. The second-order valence-corrected chi connectivity index (χ2v) is 8.01. The first-order chi connectivity index (χ1) is 13.7. The van der Waals surface area contributed by atoms with E-state index in [0.717, 1.165) is 44.7 Å². The van der Waals surface area contributed by atoms with Gasteiger partial charge in [-0.25, -0.2) is 4.98 Å². The van der Waals surface area contributed by atoms with Crippen LogP contribution in [0.3, 0.4) is 0 Å². The molecule has 1 unspecified atom stereocenters. The number of imidazole rings is 1. The van der Waals surface area contributed by atoms with Crippen molar-refractivity contribution in [3.63, 3.8) is 0 Å². The van der Waals surface area contributed by atoms with Crippen molar-refractivity contribution >= 4 is 11.0 Å². The molecule has 5 nitrogen and oxygen atoms in total. The number of piperidine rings is 1. The molecule has 150 valence electrons. The molecule has 1 saturated heterocycles. The number of para-hydroxylation sites is 2. The maximum Gasteiger partial charge on any atom is 0.111 e. The largest absolute Gasteiger partial charge is 0.381 e. The van der Waals surface area contributed by atoms with Crippen molar-refractivity contribution in [2.75, 3.05) is 32.7 Å². The fraction of sp³-hybridized carbons (Fsp3) is 0.522. The van der Waals surface area contributed by atoms with Crippen LogP contribution in [0.15, 0.2) is 48.2 Å². The highest BCUT2D eigenvalue weighted by Gasteiger charge is 2.25. The number of likely N-dealkylation sites (N-methyl/N-ethyl adjacent to an activating group) is 1. The van der Waals surface area contributed by atoms with Crippen LogP contribution in [0.2, 0.25) is 0 Å². The molecular weight excluding hydrogens is 346 g/mol. The summed E-state index contributed by atoms with van der Waals surface area (Å²) in [7, 11) is 0. The van der Waals surface area contributed by atoms with Gasteiger partial charge in [0.25, 0.3) is 0 Å². The molecule has 0 aliphatic carbocycles. The number of benzene rings is 1. The summed E-state index contributed by atoms with van der Waals surface area (Å²) in [5.41, 5.74) is 3.69. The van der Waals surface area contributed by atoms with E-state index >= 15 is 0 Å². The van der Waals surface area contributed by atoms with E-state index in [2.05, 4.69) is 76.4 Å². The second kappa shape index (κ2) is 8.93. The first kappa shape index (κ1) is 19.2. The Hall–Kier alpha value is -2.11. The Morgan fingerprint density at radius 2 is 2.04 bits per heavy atom. The van der Waals surface area contributed by atoms with Gasteiger partial charge in [0.1, 0.15) is 5.82 Å². The van der Waals surface area contributed by atoms with Gasteiger partial charge in [0.15, 0.2) is 0 Å². The third-order valence-electron chi connectivity index (χ3n) is 5.92. The van der Waals surface area contributed by atoms with E-state index in [1.807, 2.05) is 0 Å². The molecule has 0 bridgehead atoms. The van der Waals surface area contributed by atoms with Crippen molar-refractivity contribution in [2.45, 2.75) is 45.2 Å². The number of allylic oxidation sites excluding steroid dienone is 3. The third-order valence-corrected chi connectivity index (χ3v) is 5.92. The Kier molecular flexibility index (Phi) is 6.13. The van der Waals surface area contributed by atoms with Gasteiger partial charge >= 0.3 is 0 Å². The average Bonchev–Trinajstić information content (AvgIpc) is 3.07. The van der Waals surface area contributed by atoms with E-state index in [1.54, 1.807) is 0 Å². The fourth-order valence-electron chi connectivity index (χ4n) is 4.52. The topological polar surface area (TPSA) is 45.1 Å². The molecule has 0 radical (unpaired) electrons. The van der Waals surface area contributed by atoms with Crippen LogP contribution in [0.1, 0.15) is 38.6 Å². The van der Waals surface area contributed by atoms with Crippen molar-refractivity contribution in [1.29, 1.82) is 0 Å². The van der Waals surface area contributed by atoms with Gasteiger partial charge in [0.05, 0.1) is 17.1 Å². The number of nitrogens with one attached hydrogen (secondary N) is 2. The number of nitrogens with zero attached hydrogens (tertiary/aromatic N) is 3. The summed E-state index contributed by atoms with van der Waals surface area (Å²) < 4.78 is 2.54. The number of fused-ring (bicyclic) bond motifs is 1. The Balaban J connectivity index is 1.43. The SMILES string of the molecule is CCNCCc1nc2ccccc2n1C1CCN(CC2C=CC=C(C)N2)CC1. The van der Waals surface area contributed by atoms with Gasteiger partial charge in [0, 0.05) is 44.3 Å². The van der Waals surface area contributed by atoms with Gasteiger partial charge in [-0.15, -0.1) is 0 Å². The molecule has 5 heteroatoms. The Morgan fingerprint density at radius 1 is 1.21 bits per heavy atom. The Labute approximate surface area is 168 Å². The van der Waals surface area contributed by atoms with Crippen molar-refractivity contribution in [3.05, 3.63) is 54.0 Å². The highest BCUT2D eigenvalue weighted by atomic mass is 15.2. The number of likely N-dealkylation sites (tertiary alicyclic amines) is 1. The number of rotatable bonds is 7. The molecule has 2 aromatic rings. The van der Waals surface area contributed by atoms with E-state index in [1.165, 1.54) is 29.9 Å². The minimum atomic E-state index is 0.436. The van der Waals surface area contributed by atoms with E-state index in [-0.39, 0.29) is 0 Å². The third kappa shape index (κ3) is 4.31. The van der Waals surface area contributed by atoms with Crippen LogP contribution in [0.5, 0.6) is 0 Å². The first-order valence-electron chi connectivity index (χ1n) is 10.7. The lowest BCUT2D eigenvalue weighted by atomic mass is 10.0. The molecule has 0 saturated carbocycles. The van der Waals surface area contributed by atoms with Crippen molar-refractivity contribution in [2.24, 2.45) is 0 Å². The van der Waals surface area contributed by atoms with E-state index in [0.29, 0.717) is 12.1 Å². The van der Waals surface area contributed by atoms with Crippen LogP contribution in [0.25, 0.3) is 11.0 Å². The molecule has 1 fully saturated rings. The molecule has 0 spiro atoms. The zero-order valence-corrected chi connectivity index (χ0v) is 17.2. The highest BCUT2D eigenvalue weighted by molar-refractivity contribution is 5.76. The molecule has 4 rings (SSSR count). The Bertz CT molecular complexity index is 842. The molecular formula is C23H33N5. The zero-order chi connectivity index (χ0) is 19.3. The molecule has 2 aliphatic rings. The quantitative estimate of drug-likeness (QED) is 0.725. The first-order valence-corrected chi connectivity index (χ1v) is 10.7. The number of aromatic nitrogens is 2. The second-order valence-electron chi connectivity index (χ2n) is 8.01. The molecule has 2 N–H and O–H groups in total. The van der Waals surface area contributed by atoms with Crippen LogP contribution in [0, 0.1) is 0 Å². The lowest BCUT2D eigenvalue weighted by Crippen LogP contribution is -2.44. The average molecular weight is 380 g/mol. The molecule has 28 heavy (non-hydrogen) atoms. The molecule has 0 amide bonds. The van der Waals surface area contributed by atoms with E-state index in [4.69, 9.17) is 4.98 Å². The van der Waals surface area contributed by atoms with E-state index in [9.17, 15) is 0 Å². The summed E-state index contributed by atoms with van der Waals surface area (Å²) in [6, 6.07) is 9.60. The monoisotopic (exact) mass is 379 g/mol. The van der Waals surface area contributed by atoms with E-state index < -0.39 is 0 Å². The number of hydrogen-bond donors (Lipinski definition) is 2. The number of dihydropyridines is 1. The zero-order valence-electron chi connectivity index (χ0n) is 17.2. The van der Waals surface area contributed by atoms with Gasteiger partial charge in [-0.1, -0.05) is 31.2 Å². The summed E-state index contributed by atoms with van der Waals surface area (Å²) in [4.78, 5) is 7.57. The summed E-state index contributed by atoms with van der Waals surface area (Å²) in [5, 5.41) is 7.02. The maximum atomic E-state index is 4.96. The van der Waals surface area contributed by atoms with Gasteiger partial charge in [-0.3, -0.25) is 0 Å². The smallest absolute Gasteiger partial charge is 0.111 e.